The molecule has 0 rings (SSSR count). The van der Waals surface area contributed by atoms with Gasteiger partial charge in [0.1, 0.15) is 6.04 Å². The minimum absolute atomic E-state index is 0.00911. The average Bonchev–Trinajstić information content (AvgIpc) is 2.14. The fourth-order valence-electron chi connectivity index (χ4n) is 1.40. The molecule has 0 aliphatic carbocycles. The fraction of sp³-hybridized carbons (Fsp3) is 0.800. The number of carbonyl (C=O) groups is 2. The Morgan fingerprint density at radius 2 is 1.88 bits per heavy atom. The topological polar surface area (TPSA) is 102 Å². The molecule has 1 unspecified atom stereocenters. The zero-order chi connectivity index (χ0) is 13.4. The monoisotopic (exact) mass is 247 g/mol. The van der Waals surface area contributed by atoms with Crippen LogP contribution in [-0.4, -0.2) is 66.4 Å². The van der Waals surface area contributed by atoms with Gasteiger partial charge in [0.15, 0.2) is 0 Å². The van der Waals surface area contributed by atoms with Crippen LogP contribution in [0.25, 0.3) is 0 Å². The normalized spacial score (nSPS) is 14.2. The largest absolute Gasteiger partial charge is 0.480 e. The van der Waals surface area contributed by atoms with Crippen LogP contribution in [0.5, 0.6) is 0 Å². The van der Waals surface area contributed by atoms with Gasteiger partial charge >= 0.3 is 12.0 Å². The van der Waals surface area contributed by atoms with E-state index < -0.39 is 18.0 Å². The van der Waals surface area contributed by atoms with Crippen molar-refractivity contribution in [3.8, 4) is 0 Å². The van der Waals surface area contributed by atoms with Gasteiger partial charge in [-0.2, -0.15) is 0 Å². The smallest absolute Gasteiger partial charge is 0.326 e. The lowest BCUT2D eigenvalue weighted by Crippen LogP contribution is -2.50. The maximum absolute atomic E-state index is 11.4. The number of likely N-dealkylation sites (N-methyl/N-ethyl adjacent to an activating group) is 1. The van der Waals surface area contributed by atoms with E-state index in [1.54, 1.807) is 0 Å². The number of carboxylic acids is 1. The highest BCUT2D eigenvalue weighted by molar-refractivity contribution is 5.82. The maximum Gasteiger partial charge on any atom is 0.326 e. The van der Waals surface area contributed by atoms with Crippen molar-refractivity contribution in [3.63, 3.8) is 0 Å². The van der Waals surface area contributed by atoms with Crippen LogP contribution >= 0.6 is 0 Å². The molecule has 0 radical (unpaired) electrons. The van der Waals surface area contributed by atoms with Gasteiger partial charge in [0, 0.05) is 25.6 Å². The Bertz CT molecular complexity index is 258. The van der Waals surface area contributed by atoms with Gasteiger partial charge in [0.2, 0.25) is 0 Å². The van der Waals surface area contributed by atoms with Crippen molar-refractivity contribution >= 4 is 12.0 Å². The van der Waals surface area contributed by atoms with Gasteiger partial charge in [-0.1, -0.05) is 0 Å². The number of hydrogen-bond donors (Lipinski definition) is 4. The molecule has 0 aromatic carbocycles. The molecule has 0 aromatic heterocycles. The van der Waals surface area contributed by atoms with E-state index in [1.165, 1.54) is 0 Å². The molecule has 17 heavy (non-hydrogen) atoms. The Morgan fingerprint density at radius 3 is 2.29 bits per heavy atom. The molecule has 0 aliphatic heterocycles. The molecule has 0 aliphatic rings. The fourth-order valence-corrected chi connectivity index (χ4v) is 1.40. The summed E-state index contributed by atoms with van der Waals surface area (Å²) in [4.78, 5) is 24.1. The molecule has 2 atom stereocenters. The van der Waals surface area contributed by atoms with E-state index >= 15 is 0 Å². The lowest BCUT2D eigenvalue weighted by molar-refractivity contribution is -0.139. The third-order valence-electron chi connectivity index (χ3n) is 2.04. The van der Waals surface area contributed by atoms with Crippen LogP contribution in [0.1, 0.15) is 13.3 Å². The summed E-state index contributed by atoms with van der Waals surface area (Å²) in [5.41, 5.74) is 0. The van der Waals surface area contributed by atoms with Crippen LogP contribution < -0.4 is 10.6 Å². The zero-order valence-electron chi connectivity index (χ0n) is 10.4. The Morgan fingerprint density at radius 1 is 1.29 bits per heavy atom. The van der Waals surface area contributed by atoms with E-state index in [4.69, 9.17) is 10.2 Å². The summed E-state index contributed by atoms with van der Waals surface area (Å²) in [6.45, 7) is 2.19. The molecular formula is C10H21N3O4. The van der Waals surface area contributed by atoms with Gasteiger partial charge in [-0.15, -0.1) is 0 Å². The third kappa shape index (κ3) is 7.53. The first-order valence-corrected chi connectivity index (χ1v) is 5.42. The first kappa shape index (κ1) is 15.7. The zero-order valence-corrected chi connectivity index (χ0v) is 10.4. The predicted molar refractivity (Wildman–Crippen MR) is 62.8 cm³/mol. The minimum atomic E-state index is -1.16. The van der Waals surface area contributed by atoms with Gasteiger partial charge in [0.25, 0.3) is 0 Å². The number of nitrogens with one attached hydrogen (secondary N) is 2. The molecule has 0 bridgehead atoms. The molecule has 0 saturated carbocycles. The summed E-state index contributed by atoms with van der Waals surface area (Å²) in [5.74, 6) is -1.16. The van der Waals surface area contributed by atoms with Gasteiger partial charge in [-0.3, -0.25) is 0 Å². The van der Waals surface area contributed by atoms with Crippen molar-refractivity contribution in [2.45, 2.75) is 25.4 Å². The molecule has 0 aromatic rings. The Kier molecular flexibility index (Phi) is 7.24. The van der Waals surface area contributed by atoms with Crippen molar-refractivity contribution in [2.75, 3.05) is 27.2 Å². The van der Waals surface area contributed by atoms with E-state index in [1.807, 2.05) is 25.9 Å². The number of nitrogens with zero attached hydrogens (tertiary/aromatic N) is 1. The van der Waals surface area contributed by atoms with Crippen LogP contribution in [0.2, 0.25) is 0 Å². The number of carbonyl (C=O) groups excluding carboxylic acids is 1. The number of aliphatic hydroxyl groups is 1. The van der Waals surface area contributed by atoms with Crippen LogP contribution in [0.4, 0.5) is 4.79 Å². The molecule has 2 amide bonds. The summed E-state index contributed by atoms with van der Waals surface area (Å²) >= 11 is 0. The quantitative estimate of drug-likeness (QED) is 0.465. The van der Waals surface area contributed by atoms with Crippen LogP contribution in [-0.2, 0) is 4.79 Å². The van der Waals surface area contributed by atoms with Crippen molar-refractivity contribution in [3.05, 3.63) is 0 Å². The van der Waals surface area contributed by atoms with Gasteiger partial charge in [0.05, 0.1) is 0 Å². The van der Waals surface area contributed by atoms with Crippen molar-refractivity contribution < 1.29 is 19.8 Å². The van der Waals surface area contributed by atoms with Crippen LogP contribution in [0.15, 0.2) is 0 Å². The van der Waals surface area contributed by atoms with Crippen LogP contribution in [0, 0.1) is 0 Å². The number of rotatable bonds is 7. The summed E-state index contributed by atoms with van der Waals surface area (Å²) < 4.78 is 0. The highest BCUT2D eigenvalue weighted by Gasteiger charge is 2.19. The van der Waals surface area contributed by atoms with Crippen molar-refractivity contribution in [1.29, 1.82) is 0 Å². The van der Waals surface area contributed by atoms with Crippen LogP contribution in [0.3, 0.4) is 0 Å². The van der Waals surface area contributed by atoms with E-state index in [2.05, 4.69) is 10.6 Å². The number of urea groups is 1. The second-order valence-corrected chi connectivity index (χ2v) is 4.18. The Labute approximate surface area is 101 Å². The second kappa shape index (κ2) is 7.86. The Balaban J connectivity index is 4.09. The molecule has 100 valence electrons. The number of amides is 2. The molecule has 0 saturated heterocycles. The van der Waals surface area contributed by atoms with Crippen molar-refractivity contribution in [2.24, 2.45) is 0 Å². The lowest BCUT2D eigenvalue weighted by atomic mass is 10.2. The first-order valence-electron chi connectivity index (χ1n) is 5.42. The third-order valence-corrected chi connectivity index (χ3v) is 2.04. The predicted octanol–water partition coefficient (Wildman–Crippen LogP) is -0.929. The average molecular weight is 247 g/mol. The second-order valence-electron chi connectivity index (χ2n) is 4.18. The highest BCUT2D eigenvalue weighted by Crippen LogP contribution is 1.92. The molecule has 7 nitrogen and oxygen atoms in total. The van der Waals surface area contributed by atoms with Gasteiger partial charge in [-0.25, -0.2) is 9.59 Å². The van der Waals surface area contributed by atoms with Gasteiger partial charge in [-0.05, 0) is 21.0 Å². The number of carboxylic acid groups (broad SMARTS) is 1. The van der Waals surface area contributed by atoms with Crippen molar-refractivity contribution in [1.82, 2.24) is 15.5 Å². The first-order chi connectivity index (χ1) is 7.86. The van der Waals surface area contributed by atoms with Gasteiger partial charge < -0.3 is 25.7 Å². The minimum Gasteiger partial charge on any atom is -0.480 e. The molecule has 7 heteroatoms. The summed E-state index contributed by atoms with van der Waals surface area (Å²) in [6.07, 6.45) is -0.00911. The molecule has 0 fully saturated rings. The Hall–Kier alpha value is -1.34. The molecule has 0 heterocycles. The SMILES string of the molecule is CC(CN(C)C)NC(=O)N[C@H](CCO)C(=O)O. The molecule has 0 spiro atoms. The van der Waals surface area contributed by atoms with E-state index in [-0.39, 0.29) is 19.1 Å². The number of aliphatic hydroxyl groups excluding tert-OH is 1. The standard InChI is InChI=1S/C10H21N3O4/c1-7(6-13(2)3)11-10(17)12-8(4-5-14)9(15)16/h7-8,14H,4-6H2,1-3H3,(H,15,16)(H2,11,12,17)/t7?,8-/m1/s1. The van der Waals surface area contributed by atoms with E-state index in [9.17, 15) is 9.59 Å². The highest BCUT2D eigenvalue weighted by atomic mass is 16.4. The summed E-state index contributed by atoms with van der Waals surface area (Å²) in [5, 5.41) is 22.3. The number of aliphatic carboxylic acids is 1. The maximum atomic E-state index is 11.4. The van der Waals surface area contributed by atoms with E-state index in [0.717, 1.165) is 0 Å². The molecule has 4 N–H and O–H groups in total. The summed E-state index contributed by atoms with van der Waals surface area (Å²) in [7, 11) is 3.75. The lowest BCUT2D eigenvalue weighted by Gasteiger charge is -2.20. The summed E-state index contributed by atoms with van der Waals surface area (Å²) in [6, 6.07) is -1.69. The molecular weight excluding hydrogens is 226 g/mol. The van der Waals surface area contributed by atoms with E-state index in [0.29, 0.717) is 6.54 Å². The number of hydrogen-bond acceptors (Lipinski definition) is 4.